The summed E-state index contributed by atoms with van der Waals surface area (Å²) in [6, 6.07) is 3.79. The third kappa shape index (κ3) is 1.83. The monoisotopic (exact) mass is 224 g/mol. The molecule has 1 N–H and O–H groups in total. The van der Waals surface area contributed by atoms with Crippen LogP contribution in [0.25, 0.3) is 10.7 Å². The number of aromatic nitrogens is 2. The van der Waals surface area contributed by atoms with Gasteiger partial charge in [-0.1, -0.05) is 0 Å². The van der Waals surface area contributed by atoms with Crippen LogP contribution in [-0.4, -0.2) is 9.97 Å². The quantitative estimate of drug-likeness (QED) is 0.807. The van der Waals surface area contributed by atoms with E-state index in [4.69, 9.17) is 0 Å². The van der Waals surface area contributed by atoms with Crippen LogP contribution in [0, 0.1) is 19.7 Å². The first-order valence-electron chi connectivity index (χ1n) is 4.41. The first-order chi connectivity index (χ1) is 7.08. The van der Waals surface area contributed by atoms with Gasteiger partial charge < -0.3 is 4.98 Å². The van der Waals surface area contributed by atoms with Crippen molar-refractivity contribution in [2.45, 2.75) is 13.8 Å². The third-order valence-electron chi connectivity index (χ3n) is 2.00. The molecule has 0 atom stereocenters. The Morgan fingerprint density at radius 2 is 2.13 bits per heavy atom. The zero-order chi connectivity index (χ0) is 11.0. The van der Waals surface area contributed by atoms with Crippen molar-refractivity contribution in [3.63, 3.8) is 0 Å². The Kier molecular flexibility index (Phi) is 2.40. The molecule has 2 heterocycles. The van der Waals surface area contributed by atoms with Crippen LogP contribution in [0.5, 0.6) is 0 Å². The Labute approximate surface area is 89.6 Å². The van der Waals surface area contributed by atoms with E-state index >= 15 is 0 Å². The Morgan fingerprint density at radius 1 is 1.40 bits per heavy atom. The summed E-state index contributed by atoms with van der Waals surface area (Å²) in [6.07, 6.45) is 0. The molecular formula is C10H9FN2OS. The maximum atomic E-state index is 13.0. The number of thiophene rings is 1. The number of halogens is 1. The van der Waals surface area contributed by atoms with Crippen LogP contribution in [-0.2, 0) is 0 Å². The second kappa shape index (κ2) is 3.58. The molecule has 3 nitrogen and oxygen atoms in total. The molecule has 0 aliphatic rings. The predicted molar refractivity (Wildman–Crippen MR) is 57.6 cm³/mol. The molecule has 2 rings (SSSR count). The van der Waals surface area contributed by atoms with E-state index in [1.165, 1.54) is 18.3 Å². The lowest BCUT2D eigenvalue weighted by Gasteiger charge is -1.99. The molecule has 0 aromatic carbocycles. The highest BCUT2D eigenvalue weighted by Crippen LogP contribution is 2.23. The van der Waals surface area contributed by atoms with Gasteiger partial charge in [-0.2, -0.15) is 4.39 Å². The van der Waals surface area contributed by atoms with Gasteiger partial charge >= 0.3 is 0 Å². The summed E-state index contributed by atoms with van der Waals surface area (Å²) in [6.45, 7) is 3.44. The summed E-state index contributed by atoms with van der Waals surface area (Å²) in [5, 5.41) is 0. The van der Waals surface area contributed by atoms with Crippen molar-refractivity contribution in [1.82, 2.24) is 9.97 Å². The van der Waals surface area contributed by atoms with Crippen LogP contribution in [0.3, 0.4) is 0 Å². The van der Waals surface area contributed by atoms with Crippen molar-refractivity contribution in [2.75, 3.05) is 0 Å². The summed E-state index contributed by atoms with van der Waals surface area (Å²) in [7, 11) is 0. The van der Waals surface area contributed by atoms with E-state index < -0.39 is 11.4 Å². The van der Waals surface area contributed by atoms with Crippen molar-refractivity contribution >= 4 is 11.3 Å². The zero-order valence-electron chi connectivity index (χ0n) is 8.30. The van der Waals surface area contributed by atoms with Crippen LogP contribution < -0.4 is 5.56 Å². The van der Waals surface area contributed by atoms with Gasteiger partial charge in [-0.3, -0.25) is 4.79 Å². The number of aryl methyl sites for hydroxylation is 2. The Morgan fingerprint density at radius 3 is 2.67 bits per heavy atom. The van der Waals surface area contributed by atoms with Crippen molar-refractivity contribution < 1.29 is 4.39 Å². The first-order valence-corrected chi connectivity index (χ1v) is 5.23. The van der Waals surface area contributed by atoms with E-state index in [0.29, 0.717) is 5.82 Å². The lowest BCUT2D eigenvalue weighted by atomic mass is 10.3. The van der Waals surface area contributed by atoms with Gasteiger partial charge in [0.1, 0.15) is 0 Å². The molecule has 2 aromatic heterocycles. The summed E-state index contributed by atoms with van der Waals surface area (Å²) in [5.41, 5.74) is -0.594. The Hall–Kier alpha value is -1.49. The highest BCUT2D eigenvalue weighted by atomic mass is 32.1. The van der Waals surface area contributed by atoms with Crippen LogP contribution in [0.15, 0.2) is 16.9 Å². The van der Waals surface area contributed by atoms with E-state index in [-0.39, 0.29) is 5.69 Å². The van der Waals surface area contributed by atoms with E-state index in [9.17, 15) is 9.18 Å². The smallest absolute Gasteiger partial charge is 0.287 e. The molecule has 15 heavy (non-hydrogen) atoms. The zero-order valence-corrected chi connectivity index (χ0v) is 9.11. The summed E-state index contributed by atoms with van der Waals surface area (Å²) >= 11 is 1.51. The molecule has 0 saturated heterocycles. The fraction of sp³-hybridized carbons (Fsp3) is 0.200. The number of H-pyrrole nitrogens is 1. The number of aromatic amines is 1. The second-order valence-corrected chi connectivity index (χ2v) is 4.51. The molecule has 0 fully saturated rings. The number of nitrogens with zero attached hydrogens (tertiary/aromatic N) is 1. The second-order valence-electron chi connectivity index (χ2n) is 3.22. The van der Waals surface area contributed by atoms with E-state index in [0.717, 1.165) is 9.75 Å². The number of rotatable bonds is 1. The highest BCUT2D eigenvalue weighted by molar-refractivity contribution is 7.15. The molecule has 2 aromatic rings. The minimum atomic E-state index is -0.813. The van der Waals surface area contributed by atoms with Crippen molar-refractivity contribution in [3.05, 3.63) is 38.9 Å². The summed E-state index contributed by atoms with van der Waals surface area (Å²) in [4.78, 5) is 19.5. The average Bonchev–Trinajstić information content (AvgIpc) is 2.60. The maximum absolute atomic E-state index is 13.0. The van der Waals surface area contributed by atoms with Crippen molar-refractivity contribution in [3.8, 4) is 10.7 Å². The molecule has 0 amide bonds. The largest absolute Gasteiger partial charge is 0.303 e. The summed E-state index contributed by atoms with van der Waals surface area (Å²) < 4.78 is 13.0. The Balaban J connectivity index is 2.60. The molecule has 0 aliphatic heterocycles. The van der Waals surface area contributed by atoms with E-state index in [1.807, 2.05) is 19.1 Å². The normalized spacial score (nSPS) is 10.6. The number of hydrogen-bond donors (Lipinski definition) is 1. The van der Waals surface area contributed by atoms with Gasteiger partial charge in [-0.05, 0) is 26.0 Å². The molecule has 0 radical (unpaired) electrons. The van der Waals surface area contributed by atoms with Crippen molar-refractivity contribution in [2.24, 2.45) is 0 Å². The predicted octanol–water partition coefficient (Wildman–Crippen LogP) is 2.25. The molecular weight excluding hydrogens is 215 g/mol. The van der Waals surface area contributed by atoms with E-state index in [1.54, 1.807) is 0 Å². The van der Waals surface area contributed by atoms with E-state index in [2.05, 4.69) is 9.97 Å². The summed E-state index contributed by atoms with van der Waals surface area (Å²) in [5.74, 6) is -0.385. The van der Waals surface area contributed by atoms with Crippen molar-refractivity contribution in [1.29, 1.82) is 0 Å². The molecule has 0 bridgehead atoms. The maximum Gasteiger partial charge on any atom is 0.287 e. The SMILES string of the molecule is Cc1ccc(-c2nc(C)c(F)c(=O)[nH]2)s1. The van der Waals surface area contributed by atoms with Gasteiger partial charge in [0, 0.05) is 4.88 Å². The molecule has 78 valence electrons. The van der Waals surface area contributed by atoms with Crippen LogP contribution in [0.2, 0.25) is 0 Å². The lowest BCUT2D eigenvalue weighted by molar-refractivity contribution is 0.589. The highest BCUT2D eigenvalue weighted by Gasteiger charge is 2.09. The van der Waals surface area contributed by atoms with Crippen LogP contribution in [0.1, 0.15) is 10.6 Å². The minimum absolute atomic E-state index is 0.125. The van der Waals surface area contributed by atoms with Gasteiger partial charge in [0.05, 0.1) is 10.6 Å². The van der Waals surface area contributed by atoms with Crippen LogP contribution in [0.4, 0.5) is 4.39 Å². The van der Waals surface area contributed by atoms with Crippen LogP contribution >= 0.6 is 11.3 Å². The number of nitrogens with one attached hydrogen (secondary N) is 1. The topological polar surface area (TPSA) is 45.8 Å². The fourth-order valence-corrected chi connectivity index (χ4v) is 2.06. The van der Waals surface area contributed by atoms with Gasteiger partial charge in [-0.25, -0.2) is 4.98 Å². The first kappa shape index (κ1) is 10.0. The molecule has 0 aliphatic carbocycles. The fourth-order valence-electron chi connectivity index (χ4n) is 1.25. The minimum Gasteiger partial charge on any atom is -0.303 e. The van der Waals surface area contributed by atoms with Gasteiger partial charge in [0.2, 0.25) is 5.82 Å². The van der Waals surface area contributed by atoms with Gasteiger partial charge in [0.25, 0.3) is 5.56 Å². The Bertz CT molecular complexity index is 559. The van der Waals surface area contributed by atoms with Gasteiger partial charge in [0.15, 0.2) is 5.82 Å². The molecule has 0 unspecified atom stereocenters. The van der Waals surface area contributed by atoms with Gasteiger partial charge in [-0.15, -0.1) is 11.3 Å². The molecule has 0 saturated carbocycles. The lowest BCUT2D eigenvalue weighted by Crippen LogP contribution is -2.15. The molecule has 0 spiro atoms. The third-order valence-corrected chi connectivity index (χ3v) is 3.01. The number of hydrogen-bond acceptors (Lipinski definition) is 3. The molecule has 5 heteroatoms. The standard InChI is InChI=1S/C10H9FN2OS/c1-5-3-4-7(15-5)9-12-6(2)8(11)10(14)13-9/h3-4H,1-2H3,(H,12,13,14). The average molecular weight is 224 g/mol.